The Morgan fingerprint density at radius 3 is 2.53 bits per heavy atom. The van der Waals surface area contributed by atoms with Crippen molar-refractivity contribution in [1.29, 1.82) is 0 Å². The van der Waals surface area contributed by atoms with Crippen LogP contribution < -0.4 is 16.0 Å². The third kappa shape index (κ3) is 3.76. The fourth-order valence-corrected chi connectivity index (χ4v) is 4.06. The molecule has 2 aromatic heterocycles. The minimum Gasteiger partial charge on any atom is -0.489 e. The van der Waals surface area contributed by atoms with Gasteiger partial charge in [-0.3, -0.25) is 9.36 Å². The fourth-order valence-electron chi connectivity index (χ4n) is 4.06. The van der Waals surface area contributed by atoms with Crippen LogP contribution in [0.15, 0.2) is 71.7 Å². The Morgan fingerprint density at radius 2 is 1.83 bits per heavy atom. The van der Waals surface area contributed by atoms with Crippen LogP contribution in [-0.2, 0) is 26.5 Å². The molecule has 4 rings (SSSR count). The number of benzene rings is 2. The summed E-state index contributed by atoms with van der Waals surface area (Å²) in [5, 5.41) is 1.23. The summed E-state index contributed by atoms with van der Waals surface area (Å²) < 4.78 is 9.63. The van der Waals surface area contributed by atoms with Gasteiger partial charge in [0.2, 0.25) is 0 Å². The van der Waals surface area contributed by atoms with E-state index in [0.717, 1.165) is 29.6 Å². The summed E-state index contributed by atoms with van der Waals surface area (Å²) in [4.78, 5) is 12.8. The number of ether oxygens (including phenoxy) is 1. The number of aryl methyl sites for hydroxylation is 2. The van der Waals surface area contributed by atoms with E-state index in [1.54, 1.807) is 10.8 Å². The van der Waals surface area contributed by atoms with Crippen molar-refractivity contribution in [3.63, 3.8) is 0 Å². The highest BCUT2D eigenvalue weighted by molar-refractivity contribution is 5.87. The molecule has 5 heteroatoms. The molecule has 2 aromatic carbocycles. The number of fused-ring (bicyclic) bond motifs is 1. The summed E-state index contributed by atoms with van der Waals surface area (Å²) in [5.74, 6) is 0.568. The van der Waals surface area contributed by atoms with Crippen LogP contribution in [0, 0.1) is 0 Å². The largest absolute Gasteiger partial charge is 0.489 e. The molecule has 0 saturated carbocycles. The highest BCUT2D eigenvalue weighted by Gasteiger charge is 2.14. The first-order valence-electron chi connectivity index (χ1n) is 10.3. The average molecular weight is 402 g/mol. The number of aromatic nitrogens is 2. The van der Waals surface area contributed by atoms with Crippen LogP contribution in [-0.4, -0.2) is 15.7 Å². The van der Waals surface area contributed by atoms with Crippen LogP contribution in [0.25, 0.3) is 16.6 Å². The van der Waals surface area contributed by atoms with Crippen molar-refractivity contribution in [3.8, 4) is 11.4 Å². The maximum Gasteiger partial charge on any atom is 0.258 e. The molecule has 154 valence electrons. The summed E-state index contributed by atoms with van der Waals surface area (Å²) in [5.41, 5.74) is 11.3. The van der Waals surface area contributed by atoms with Gasteiger partial charge >= 0.3 is 0 Å². The minimum absolute atomic E-state index is 0.119. The Labute approximate surface area is 176 Å². The van der Waals surface area contributed by atoms with E-state index in [1.165, 1.54) is 22.7 Å². The summed E-state index contributed by atoms with van der Waals surface area (Å²) in [6.07, 6.45) is 3.57. The molecule has 0 radical (unpaired) electrons. The van der Waals surface area contributed by atoms with Gasteiger partial charge in [0.25, 0.3) is 5.56 Å². The van der Waals surface area contributed by atoms with E-state index in [1.807, 2.05) is 42.5 Å². The summed E-state index contributed by atoms with van der Waals surface area (Å²) in [6, 6.07) is 19.5. The highest BCUT2D eigenvalue weighted by Crippen LogP contribution is 2.28. The molecular weight excluding hydrogens is 374 g/mol. The van der Waals surface area contributed by atoms with E-state index in [2.05, 4.69) is 30.7 Å². The van der Waals surface area contributed by atoms with E-state index in [0.29, 0.717) is 18.9 Å². The molecule has 0 aliphatic rings. The van der Waals surface area contributed by atoms with Crippen molar-refractivity contribution in [2.45, 2.75) is 26.4 Å². The maximum atomic E-state index is 12.8. The molecule has 0 spiro atoms. The molecule has 0 aliphatic heterocycles. The lowest BCUT2D eigenvalue weighted by Gasteiger charge is -2.10. The maximum absolute atomic E-state index is 12.8. The number of nitrogens with zero attached hydrogens (tertiary/aromatic N) is 2. The molecule has 2 heterocycles. The van der Waals surface area contributed by atoms with Crippen molar-refractivity contribution >= 4 is 10.9 Å². The van der Waals surface area contributed by atoms with Crippen LogP contribution in [0.3, 0.4) is 0 Å². The monoisotopic (exact) mass is 401 g/mol. The van der Waals surface area contributed by atoms with E-state index >= 15 is 0 Å². The summed E-state index contributed by atoms with van der Waals surface area (Å²) in [6.45, 7) is 3.22. The normalized spacial score (nSPS) is 11.2. The number of nitrogens with two attached hydrogens (primary N) is 1. The van der Waals surface area contributed by atoms with Crippen molar-refractivity contribution in [2.75, 3.05) is 6.54 Å². The van der Waals surface area contributed by atoms with Gasteiger partial charge in [-0.05, 0) is 42.3 Å². The Balaban J connectivity index is 1.65. The molecule has 0 unspecified atom stereocenters. The van der Waals surface area contributed by atoms with Gasteiger partial charge in [0.1, 0.15) is 12.4 Å². The first-order valence-corrected chi connectivity index (χ1v) is 10.3. The molecule has 30 heavy (non-hydrogen) atoms. The first kappa shape index (κ1) is 20.0. The molecule has 0 bridgehead atoms. The van der Waals surface area contributed by atoms with Crippen molar-refractivity contribution in [3.05, 3.63) is 94.0 Å². The zero-order valence-corrected chi connectivity index (χ0v) is 17.5. The van der Waals surface area contributed by atoms with Gasteiger partial charge in [0.05, 0.1) is 11.2 Å². The van der Waals surface area contributed by atoms with E-state index < -0.39 is 0 Å². The number of hydrogen-bond acceptors (Lipinski definition) is 3. The van der Waals surface area contributed by atoms with Crippen LogP contribution in [0.4, 0.5) is 0 Å². The number of rotatable bonds is 7. The van der Waals surface area contributed by atoms with Gasteiger partial charge in [-0.15, -0.1) is 0 Å². The number of hydrogen-bond donors (Lipinski definition) is 1. The minimum atomic E-state index is -0.119. The highest BCUT2D eigenvalue weighted by atomic mass is 16.5. The molecule has 0 saturated heterocycles. The fraction of sp³-hybridized carbons (Fsp3) is 0.240. The molecule has 0 atom stereocenters. The molecule has 0 amide bonds. The topological polar surface area (TPSA) is 62.2 Å². The summed E-state index contributed by atoms with van der Waals surface area (Å²) >= 11 is 0. The van der Waals surface area contributed by atoms with Crippen LogP contribution >= 0.6 is 0 Å². The van der Waals surface area contributed by atoms with Gasteiger partial charge in [-0.25, -0.2) is 0 Å². The van der Waals surface area contributed by atoms with Gasteiger partial charge in [0.15, 0.2) is 0 Å². The third-order valence-corrected chi connectivity index (χ3v) is 5.57. The lowest BCUT2D eigenvalue weighted by atomic mass is 10.1. The molecule has 2 N–H and O–H groups in total. The zero-order chi connectivity index (χ0) is 21.1. The Morgan fingerprint density at radius 1 is 1.03 bits per heavy atom. The van der Waals surface area contributed by atoms with Gasteiger partial charge in [-0.2, -0.15) is 0 Å². The molecule has 0 aliphatic carbocycles. The average Bonchev–Trinajstić information content (AvgIpc) is 3.04. The lowest BCUT2D eigenvalue weighted by Crippen LogP contribution is -2.16. The van der Waals surface area contributed by atoms with Crippen LogP contribution in [0.2, 0.25) is 0 Å². The van der Waals surface area contributed by atoms with Gasteiger partial charge in [0, 0.05) is 36.8 Å². The van der Waals surface area contributed by atoms with Crippen molar-refractivity contribution in [2.24, 2.45) is 12.8 Å². The van der Waals surface area contributed by atoms with E-state index in [9.17, 15) is 4.79 Å². The van der Waals surface area contributed by atoms with Crippen LogP contribution in [0.1, 0.15) is 23.7 Å². The Bertz CT molecular complexity index is 1220. The zero-order valence-electron chi connectivity index (χ0n) is 17.5. The van der Waals surface area contributed by atoms with E-state index in [4.69, 9.17) is 10.5 Å². The van der Waals surface area contributed by atoms with E-state index in [-0.39, 0.29) is 5.56 Å². The van der Waals surface area contributed by atoms with Crippen LogP contribution in [0.5, 0.6) is 5.75 Å². The molecule has 0 fully saturated rings. The van der Waals surface area contributed by atoms with Crippen molar-refractivity contribution in [1.82, 2.24) is 9.13 Å². The van der Waals surface area contributed by atoms with Crippen molar-refractivity contribution < 1.29 is 4.74 Å². The SMILES string of the molecule is CCc1c(CCN)n(C)c2cc(-n3ccc(OCc4ccccc4)cc3=O)ccc12. The predicted molar refractivity (Wildman–Crippen MR) is 121 cm³/mol. The van der Waals surface area contributed by atoms with Gasteiger partial charge in [-0.1, -0.05) is 43.3 Å². The second-order valence-corrected chi connectivity index (χ2v) is 7.42. The standard InChI is InChI=1S/C25H27N3O2/c1-3-21-22-10-9-19(15-24(22)27(2)23(21)11-13-26)28-14-12-20(16-25(28)29)30-17-18-7-5-4-6-8-18/h4-10,12,14-16H,3,11,13,17,26H2,1-2H3. The third-order valence-electron chi connectivity index (χ3n) is 5.57. The summed E-state index contributed by atoms with van der Waals surface area (Å²) in [7, 11) is 2.07. The Kier molecular flexibility index (Phi) is 5.72. The second-order valence-electron chi connectivity index (χ2n) is 7.42. The molecular formula is C25H27N3O2. The smallest absolute Gasteiger partial charge is 0.258 e. The quantitative estimate of drug-likeness (QED) is 0.510. The Hall–Kier alpha value is -3.31. The second kappa shape index (κ2) is 8.59. The number of pyridine rings is 1. The lowest BCUT2D eigenvalue weighted by molar-refractivity contribution is 0.305. The predicted octanol–water partition coefficient (Wildman–Crippen LogP) is 3.97. The molecule has 4 aromatic rings. The van der Waals surface area contributed by atoms with Gasteiger partial charge < -0.3 is 15.0 Å². The first-order chi connectivity index (χ1) is 14.6. The molecule has 5 nitrogen and oxygen atoms in total.